The molecule has 106 valence electrons. The summed E-state index contributed by atoms with van der Waals surface area (Å²) in [5, 5.41) is 4.28. The molecule has 2 heterocycles. The number of aromatic nitrogens is 1. The number of benzene rings is 1. The molecule has 1 saturated heterocycles. The van der Waals surface area contributed by atoms with Crippen molar-refractivity contribution >= 4 is 28.4 Å². The number of nitrogens with one attached hydrogen (secondary N) is 1. The first-order valence-corrected chi connectivity index (χ1v) is 7.19. The Bertz CT molecular complexity index is 645. The van der Waals surface area contributed by atoms with Gasteiger partial charge in [-0.25, -0.2) is 0 Å². The number of fused-ring (bicyclic) bond motifs is 1. The second-order valence-electron chi connectivity index (χ2n) is 5.01. The first-order valence-electron chi connectivity index (χ1n) is 6.81. The Balaban J connectivity index is 2.18. The third-order valence-corrected chi connectivity index (χ3v) is 4.16. The molecule has 2 aromatic rings. The number of nitrogens with zero attached hydrogens (tertiary/aromatic N) is 1. The Labute approximate surface area is 122 Å². The van der Waals surface area contributed by atoms with Gasteiger partial charge in [-0.1, -0.05) is 23.7 Å². The average molecular weight is 293 g/mol. The molecule has 1 aliphatic rings. The molecule has 3 rings (SSSR count). The molecule has 0 bridgehead atoms. The van der Waals surface area contributed by atoms with Crippen molar-refractivity contribution in [2.75, 3.05) is 20.3 Å². The maximum absolute atomic E-state index is 12.0. The number of para-hydroxylation sites is 1. The van der Waals surface area contributed by atoms with Gasteiger partial charge in [0.25, 0.3) is 5.91 Å². The Morgan fingerprint density at radius 3 is 2.85 bits per heavy atom. The van der Waals surface area contributed by atoms with Crippen molar-refractivity contribution < 1.29 is 9.53 Å². The molecule has 1 aliphatic heterocycles. The monoisotopic (exact) mass is 292 g/mol. The van der Waals surface area contributed by atoms with Gasteiger partial charge in [0, 0.05) is 37.9 Å². The van der Waals surface area contributed by atoms with Gasteiger partial charge in [-0.2, -0.15) is 0 Å². The molecule has 1 aromatic heterocycles. The van der Waals surface area contributed by atoms with Gasteiger partial charge < -0.3 is 14.6 Å². The van der Waals surface area contributed by atoms with Crippen LogP contribution in [0.3, 0.4) is 0 Å². The van der Waals surface area contributed by atoms with Crippen molar-refractivity contribution in [1.29, 1.82) is 0 Å². The van der Waals surface area contributed by atoms with E-state index in [-0.39, 0.29) is 5.91 Å². The van der Waals surface area contributed by atoms with Gasteiger partial charge >= 0.3 is 0 Å². The number of rotatable bonds is 2. The Morgan fingerprint density at radius 1 is 1.40 bits per heavy atom. The zero-order valence-corrected chi connectivity index (χ0v) is 12.1. The SMILES string of the molecule is CNC(=O)c1cn(C2CCOCC2)c2c(Cl)cccc12. The maximum Gasteiger partial charge on any atom is 0.253 e. The van der Waals surface area contributed by atoms with E-state index in [9.17, 15) is 4.79 Å². The molecule has 1 N–H and O–H groups in total. The summed E-state index contributed by atoms with van der Waals surface area (Å²) in [6.07, 6.45) is 3.82. The zero-order valence-electron chi connectivity index (χ0n) is 11.4. The normalized spacial score (nSPS) is 16.5. The van der Waals surface area contributed by atoms with Crippen LogP contribution in [0.15, 0.2) is 24.4 Å². The predicted octanol–water partition coefficient (Wildman–Crippen LogP) is 3.01. The molecule has 0 saturated carbocycles. The molecule has 20 heavy (non-hydrogen) atoms. The highest BCUT2D eigenvalue weighted by atomic mass is 35.5. The number of carbonyl (C=O) groups excluding carboxylic acids is 1. The van der Waals surface area contributed by atoms with Crippen molar-refractivity contribution in [1.82, 2.24) is 9.88 Å². The van der Waals surface area contributed by atoms with Crippen LogP contribution in [0.5, 0.6) is 0 Å². The van der Waals surface area contributed by atoms with Gasteiger partial charge in [0.15, 0.2) is 0 Å². The van der Waals surface area contributed by atoms with Gasteiger partial charge in [0.1, 0.15) is 0 Å². The third kappa shape index (κ3) is 2.19. The van der Waals surface area contributed by atoms with Gasteiger partial charge in [0.05, 0.1) is 16.1 Å². The molecule has 5 heteroatoms. The van der Waals surface area contributed by atoms with Crippen LogP contribution >= 0.6 is 11.6 Å². The van der Waals surface area contributed by atoms with E-state index in [2.05, 4.69) is 9.88 Å². The van der Waals surface area contributed by atoms with E-state index in [1.165, 1.54) is 0 Å². The molecule has 1 amide bonds. The third-order valence-electron chi connectivity index (χ3n) is 3.86. The van der Waals surface area contributed by atoms with Crippen molar-refractivity contribution in [2.24, 2.45) is 0 Å². The zero-order chi connectivity index (χ0) is 14.1. The van der Waals surface area contributed by atoms with E-state index in [4.69, 9.17) is 16.3 Å². The Kier molecular flexibility index (Phi) is 3.68. The van der Waals surface area contributed by atoms with Crippen LogP contribution in [-0.2, 0) is 4.74 Å². The first kappa shape index (κ1) is 13.5. The van der Waals surface area contributed by atoms with E-state index in [0.717, 1.165) is 37.0 Å². The highest BCUT2D eigenvalue weighted by Crippen LogP contribution is 2.33. The van der Waals surface area contributed by atoms with E-state index < -0.39 is 0 Å². The van der Waals surface area contributed by atoms with Crippen LogP contribution in [0.2, 0.25) is 5.02 Å². The Morgan fingerprint density at radius 2 is 2.15 bits per heavy atom. The fraction of sp³-hybridized carbons (Fsp3) is 0.400. The van der Waals surface area contributed by atoms with Gasteiger partial charge in [0.2, 0.25) is 0 Å². The number of carbonyl (C=O) groups is 1. The summed E-state index contributed by atoms with van der Waals surface area (Å²) in [5.74, 6) is -0.0805. The van der Waals surface area contributed by atoms with Gasteiger partial charge in [-0.15, -0.1) is 0 Å². The minimum atomic E-state index is -0.0805. The largest absolute Gasteiger partial charge is 0.381 e. The summed E-state index contributed by atoms with van der Waals surface area (Å²) in [6.45, 7) is 1.51. The average Bonchev–Trinajstić information content (AvgIpc) is 2.88. The van der Waals surface area contributed by atoms with Crippen molar-refractivity contribution in [3.63, 3.8) is 0 Å². The molecule has 1 aromatic carbocycles. The molecule has 0 radical (unpaired) electrons. The molecule has 1 fully saturated rings. The van der Waals surface area contributed by atoms with Crippen molar-refractivity contribution in [3.8, 4) is 0 Å². The first-order chi connectivity index (χ1) is 9.72. The minimum absolute atomic E-state index is 0.0805. The van der Waals surface area contributed by atoms with E-state index in [0.29, 0.717) is 16.6 Å². The molecule has 4 nitrogen and oxygen atoms in total. The Hall–Kier alpha value is -1.52. The standard InChI is InChI=1S/C15H17ClN2O2/c1-17-15(19)12-9-18(10-5-7-20-8-6-10)14-11(12)3-2-4-13(14)16/h2-4,9-10H,5-8H2,1H3,(H,17,19). The summed E-state index contributed by atoms with van der Waals surface area (Å²) >= 11 is 6.36. The fourth-order valence-electron chi connectivity index (χ4n) is 2.84. The summed E-state index contributed by atoms with van der Waals surface area (Å²) in [4.78, 5) is 12.0. The topological polar surface area (TPSA) is 43.3 Å². The second-order valence-corrected chi connectivity index (χ2v) is 5.42. The summed E-state index contributed by atoms with van der Waals surface area (Å²) < 4.78 is 7.56. The fourth-order valence-corrected chi connectivity index (χ4v) is 3.11. The molecular formula is C15H17ClN2O2. The number of halogens is 1. The minimum Gasteiger partial charge on any atom is -0.381 e. The quantitative estimate of drug-likeness (QED) is 0.924. The summed E-state index contributed by atoms with van der Waals surface area (Å²) in [6, 6.07) is 6.03. The molecule has 0 spiro atoms. The number of hydrogen-bond acceptors (Lipinski definition) is 2. The van der Waals surface area contributed by atoms with Crippen LogP contribution in [-0.4, -0.2) is 30.7 Å². The molecule has 0 atom stereocenters. The highest BCUT2D eigenvalue weighted by molar-refractivity contribution is 6.35. The van der Waals surface area contributed by atoms with Crippen LogP contribution in [0, 0.1) is 0 Å². The van der Waals surface area contributed by atoms with Gasteiger partial charge in [-0.05, 0) is 18.9 Å². The van der Waals surface area contributed by atoms with Crippen LogP contribution < -0.4 is 5.32 Å². The predicted molar refractivity (Wildman–Crippen MR) is 79.4 cm³/mol. The lowest BCUT2D eigenvalue weighted by atomic mass is 10.1. The van der Waals surface area contributed by atoms with Gasteiger partial charge in [-0.3, -0.25) is 4.79 Å². The van der Waals surface area contributed by atoms with E-state index in [1.807, 2.05) is 24.4 Å². The maximum atomic E-state index is 12.0. The smallest absolute Gasteiger partial charge is 0.253 e. The number of ether oxygens (including phenoxy) is 1. The number of hydrogen-bond donors (Lipinski definition) is 1. The lowest BCUT2D eigenvalue weighted by Crippen LogP contribution is -2.20. The van der Waals surface area contributed by atoms with Crippen molar-refractivity contribution in [2.45, 2.75) is 18.9 Å². The van der Waals surface area contributed by atoms with Crippen LogP contribution in [0.4, 0.5) is 0 Å². The lowest BCUT2D eigenvalue weighted by Gasteiger charge is -2.24. The lowest BCUT2D eigenvalue weighted by molar-refractivity contribution is 0.0707. The molecular weight excluding hydrogens is 276 g/mol. The number of amides is 1. The second kappa shape index (κ2) is 5.46. The van der Waals surface area contributed by atoms with E-state index >= 15 is 0 Å². The summed E-state index contributed by atoms with van der Waals surface area (Å²) in [5.41, 5.74) is 1.62. The molecule has 0 unspecified atom stereocenters. The van der Waals surface area contributed by atoms with Crippen molar-refractivity contribution in [3.05, 3.63) is 35.0 Å². The van der Waals surface area contributed by atoms with E-state index in [1.54, 1.807) is 7.05 Å². The summed E-state index contributed by atoms with van der Waals surface area (Å²) in [7, 11) is 1.64. The van der Waals surface area contributed by atoms with Crippen LogP contribution in [0.25, 0.3) is 10.9 Å². The van der Waals surface area contributed by atoms with Crippen LogP contribution in [0.1, 0.15) is 29.2 Å². The molecule has 0 aliphatic carbocycles. The highest BCUT2D eigenvalue weighted by Gasteiger charge is 2.22.